The minimum Gasteiger partial charge on any atom is -0.477 e. The van der Waals surface area contributed by atoms with Gasteiger partial charge in [-0.15, -0.1) is 0 Å². The second-order valence-electron chi connectivity index (χ2n) is 6.90. The van der Waals surface area contributed by atoms with Crippen LogP contribution in [-0.2, 0) is 0 Å². The van der Waals surface area contributed by atoms with Crippen LogP contribution in [0.25, 0.3) is 22.2 Å². The van der Waals surface area contributed by atoms with Gasteiger partial charge in [-0.1, -0.05) is 48.5 Å². The summed E-state index contributed by atoms with van der Waals surface area (Å²) in [5, 5.41) is 13.6. The summed E-state index contributed by atoms with van der Waals surface area (Å²) in [7, 11) is 0. The van der Waals surface area contributed by atoms with Crippen LogP contribution < -0.4 is 10.2 Å². The van der Waals surface area contributed by atoms with Crippen LogP contribution in [0.1, 0.15) is 15.9 Å². The van der Waals surface area contributed by atoms with Crippen LogP contribution in [0.3, 0.4) is 0 Å². The Balaban J connectivity index is 1.60. The first-order chi connectivity index (χ1) is 16.1. The second-order valence-corrected chi connectivity index (χ2v) is 9.22. The van der Waals surface area contributed by atoms with Crippen LogP contribution in [0.4, 0.5) is 0 Å². The third-order valence-electron chi connectivity index (χ3n) is 4.71. The first kappa shape index (κ1) is 23.1. The lowest BCUT2D eigenvalue weighted by Gasteiger charge is -2.09. The van der Waals surface area contributed by atoms with E-state index in [1.165, 1.54) is 0 Å². The number of ether oxygens (including phenoxy) is 1. The number of carbonyl (C=O) groups excluding carboxylic acids is 1. The maximum absolute atomic E-state index is 13.0. The van der Waals surface area contributed by atoms with Gasteiger partial charge < -0.3 is 4.74 Å². The molecule has 0 radical (unpaired) electrons. The van der Waals surface area contributed by atoms with Crippen LogP contribution in [0, 0.1) is 18.5 Å². The molecule has 0 aliphatic carbocycles. The van der Waals surface area contributed by atoms with Crippen molar-refractivity contribution >= 4 is 68.2 Å². The van der Waals surface area contributed by atoms with E-state index in [1.54, 1.807) is 12.3 Å². The van der Waals surface area contributed by atoms with Gasteiger partial charge in [-0.25, -0.2) is 10.4 Å². The molecule has 0 bridgehead atoms. The van der Waals surface area contributed by atoms with Gasteiger partial charge in [-0.2, -0.15) is 10.4 Å². The number of fused-ring (bicyclic) bond motifs is 1. The number of nitriles is 1. The lowest BCUT2D eigenvalue weighted by molar-refractivity contribution is 0.0956. The molecule has 33 heavy (non-hydrogen) atoms. The molecule has 0 saturated carbocycles. The van der Waals surface area contributed by atoms with E-state index in [0.29, 0.717) is 11.3 Å². The molecule has 0 saturated heterocycles. The van der Waals surface area contributed by atoms with Crippen molar-refractivity contribution in [3.05, 3.63) is 91.1 Å². The van der Waals surface area contributed by atoms with E-state index in [-0.39, 0.29) is 12.5 Å². The fourth-order valence-electron chi connectivity index (χ4n) is 3.24. The number of aromatic nitrogens is 1. The first-order valence-corrected chi connectivity index (χ1v) is 12.0. The van der Waals surface area contributed by atoms with Crippen molar-refractivity contribution in [1.29, 1.82) is 5.26 Å². The molecule has 0 fully saturated rings. The summed E-state index contributed by atoms with van der Waals surface area (Å²) in [6, 6.07) is 24.8. The number of halogens is 2. The average Bonchev–Trinajstić information content (AvgIpc) is 2.83. The molecular formula is C25H16I2N4O2. The molecular weight excluding hydrogens is 642 g/mol. The van der Waals surface area contributed by atoms with Crippen LogP contribution in [0.2, 0.25) is 0 Å². The van der Waals surface area contributed by atoms with E-state index < -0.39 is 0 Å². The van der Waals surface area contributed by atoms with Gasteiger partial charge in [0.05, 0.1) is 30.1 Å². The van der Waals surface area contributed by atoms with Gasteiger partial charge in [0.1, 0.15) is 11.8 Å². The number of hydrogen-bond donors (Lipinski definition) is 1. The molecule has 0 atom stereocenters. The van der Waals surface area contributed by atoms with Gasteiger partial charge in [0.25, 0.3) is 5.91 Å². The minimum absolute atomic E-state index is 0.0135. The molecule has 1 amide bonds. The Morgan fingerprint density at radius 3 is 2.48 bits per heavy atom. The minimum atomic E-state index is -0.319. The van der Waals surface area contributed by atoms with Crippen molar-refractivity contribution < 1.29 is 9.53 Å². The smallest absolute Gasteiger partial charge is 0.272 e. The SMILES string of the molecule is N#CCOc1c(I)cc(/C=N/NC(=O)c2cc(-c3ccccc3)nc3ccccc23)cc1I. The lowest BCUT2D eigenvalue weighted by Crippen LogP contribution is -2.18. The summed E-state index contributed by atoms with van der Waals surface area (Å²) in [6.07, 6.45) is 1.58. The van der Waals surface area contributed by atoms with Crippen molar-refractivity contribution in [3.63, 3.8) is 0 Å². The summed E-state index contributed by atoms with van der Waals surface area (Å²) in [5.41, 5.74) is 6.33. The fourth-order valence-corrected chi connectivity index (χ4v) is 5.37. The fraction of sp³-hybridized carbons (Fsp3) is 0.0400. The molecule has 4 rings (SSSR count). The van der Waals surface area contributed by atoms with Crippen molar-refractivity contribution in [1.82, 2.24) is 10.4 Å². The van der Waals surface area contributed by atoms with E-state index in [0.717, 1.165) is 34.9 Å². The van der Waals surface area contributed by atoms with E-state index in [1.807, 2.05) is 72.8 Å². The number of nitrogens with zero attached hydrogens (tertiary/aromatic N) is 3. The van der Waals surface area contributed by atoms with Gasteiger partial charge in [0.15, 0.2) is 6.61 Å². The van der Waals surface area contributed by atoms with Crippen molar-refractivity contribution in [2.75, 3.05) is 6.61 Å². The molecule has 4 aromatic rings. The van der Waals surface area contributed by atoms with Gasteiger partial charge in [0, 0.05) is 10.9 Å². The van der Waals surface area contributed by atoms with Gasteiger partial charge in [-0.05, 0) is 75.0 Å². The molecule has 1 aromatic heterocycles. The van der Waals surface area contributed by atoms with Gasteiger partial charge in [0.2, 0.25) is 0 Å². The number of para-hydroxylation sites is 1. The number of hydrogen-bond acceptors (Lipinski definition) is 5. The molecule has 0 aliphatic rings. The summed E-state index contributed by atoms with van der Waals surface area (Å²) < 4.78 is 7.18. The highest BCUT2D eigenvalue weighted by Gasteiger charge is 2.14. The van der Waals surface area contributed by atoms with Gasteiger partial charge >= 0.3 is 0 Å². The third-order valence-corrected chi connectivity index (χ3v) is 6.31. The van der Waals surface area contributed by atoms with E-state index in [2.05, 4.69) is 55.7 Å². The number of pyridine rings is 1. The molecule has 0 unspecified atom stereocenters. The zero-order valence-electron chi connectivity index (χ0n) is 17.1. The number of benzene rings is 3. The maximum Gasteiger partial charge on any atom is 0.272 e. The van der Waals surface area contributed by atoms with E-state index in [9.17, 15) is 4.79 Å². The highest BCUT2D eigenvalue weighted by molar-refractivity contribution is 14.1. The first-order valence-electron chi connectivity index (χ1n) is 9.84. The van der Waals surface area contributed by atoms with E-state index >= 15 is 0 Å². The molecule has 1 heterocycles. The Morgan fingerprint density at radius 1 is 1.06 bits per heavy atom. The number of amides is 1. The number of nitrogens with one attached hydrogen (secondary N) is 1. The average molecular weight is 658 g/mol. The topological polar surface area (TPSA) is 87.4 Å². The summed E-state index contributed by atoms with van der Waals surface area (Å²) >= 11 is 4.30. The zero-order valence-corrected chi connectivity index (χ0v) is 21.4. The largest absolute Gasteiger partial charge is 0.477 e. The molecule has 0 aliphatic heterocycles. The number of hydrazone groups is 1. The highest BCUT2D eigenvalue weighted by Crippen LogP contribution is 2.28. The number of carbonyl (C=O) groups is 1. The molecule has 6 nitrogen and oxygen atoms in total. The predicted octanol–water partition coefficient (Wildman–Crippen LogP) is 5.78. The Kier molecular flexibility index (Phi) is 7.51. The van der Waals surface area contributed by atoms with Gasteiger partial charge in [-0.3, -0.25) is 4.79 Å². The van der Waals surface area contributed by atoms with Crippen molar-refractivity contribution in [2.24, 2.45) is 5.10 Å². The molecule has 8 heteroatoms. The second kappa shape index (κ2) is 10.7. The summed E-state index contributed by atoms with van der Waals surface area (Å²) in [6.45, 7) is -0.0135. The van der Waals surface area contributed by atoms with Crippen LogP contribution >= 0.6 is 45.2 Å². The Hall–Kier alpha value is -3.04. The summed E-state index contributed by atoms with van der Waals surface area (Å²) in [5.74, 6) is 0.344. The summed E-state index contributed by atoms with van der Waals surface area (Å²) in [4.78, 5) is 17.7. The Bertz CT molecular complexity index is 1380. The molecule has 3 aromatic carbocycles. The van der Waals surface area contributed by atoms with Crippen LogP contribution in [0.15, 0.2) is 77.9 Å². The van der Waals surface area contributed by atoms with Crippen LogP contribution in [0.5, 0.6) is 5.75 Å². The highest BCUT2D eigenvalue weighted by atomic mass is 127. The molecule has 1 N–H and O–H groups in total. The quantitative estimate of drug-likeness (QED) is 0.162. The monoisotopic (exact) mass is 658 g/mol. The van der Waals surface area contributed by atoms with Crippen LogP contribution in [-0.4, -0.2) is 23.7 Å². The predicted molar refractivity (Wildman–Crippen MR) is 145 cm³/mol. The normalized spacial score (nSPS) is 10.8. The zero-order chi connectivity index (χ0) is 23.2. The van der Waals surface area contributed by atoms with Crippen molar-refractivity contribution in [3.8, 4) is 23.1 Å². The Labute approximate surface area is 218 Å². The molecule has 0 spiro atoms. The van der Waals surface area contributed by atoms with E-state index in [4.69, 9.17) is 15.0 Å². The third kappa shape index (κ3) is 5.48. The Morgan fingerprint density at radius 2 is 1.76 bits per heavy atom. The van der Waals surface area contributed by atoms with Crippen molar-refractivity contribution in [2.45, 2.75) is 0 Å². The standard InChI is InChI=1S/C25H16I2N4O2/c26-20-12-16(13-21(27)24(20)33-11-10-28)15-29-31-25(32)19-14-23(17-6-2-1-3-7-17)30-22-9-5-4-8-18(19)22/h1-9,12-15H,11H2,(H,31,32)/b29-15+. The maximum atomic E-state index is 13.0. The lowest BCUT2D eigenvalue weighted by atomic mass is 10.0. The molecule has 162 valence electrons. The number of rotatable bonds is 6.